The van der Waals surface area contributed by atoms with Gasteiger partial charge < -0.3 is 25.8 Å². The van der Waals surface area contributed by atoms with E-state index >= 15 is 0 Å². The second-order valence-electron chi connectivity index (χ2n) is 15.1. The number of carbonyl (C=O) groups excluding carboxylic acids is 1. The molecule has 0 spiro atoms. The Bertz CT molecular complexity index is 1280. The van der Waals surface area contributed by atoms with E-state index in [-0.39, 0.29) is 29.3 Å². The van der Waals surface area contributed by atoms with Crippen LogP contribution >= 0.6 is 0 Å². The third kappa shape index (κ3) is 7.93. The highest BCUT2D eigenvalue weighted by Gasteiger charge is 2.55. The molecule has 252 valence electrons. The molecule has 2 fully saturated rings. The normalized spacial score (nSPS) is 22.1. The number of rotatable bonds is 19. The zero-order valence-corrected chi connectivity index (χ0v) is 29.6. The van der Waals surface area contributed by atoms with Gasteiger partial charge in [-0.1, -0.05) is 104 Å². The van der Waals surface area contributed by atoms with E-state index in [9.17, 15) is 4.79 Å². The molecule has 0 aromatic heterocycles. The van der Waals surface area contributed by atoms with Gasteiger partial charge in [-0.25, -0.2) is 0 Å². The van der Waals surface area contributed by atoms with Gasteiger partial charge in [0, 0.05) is 37.6 Å². The smallest absolute Gasteiger partial charge is 0.200 e. The minimum absolute atomic E-state index is 0.00949. The minimum atomic E-state index is -0.366. The molecule has 3 aliphatic rings. The van der Waals surface area contributed by atoms with Gasteiger partial charge in [-0.05, 0) is 66.4 Å². The van der Waals surface area contributed by atoms with E-state index in [4.69, 9.17) is 6.58 Å². The summed E-state index contributed by atoms with van der Waals surface area (Å²) in [5.41, 5.74) is 5.45. The predicted molar refractivity (Wildman–Crippen MR) is 194 cm³/mol. The van der Waals surface area contributed by atoms with Crippen LogP contribution in [0.4, 0.5) is 0 Å². The van der Waals surface area contributed by atoms with Gasteiger partial charge in [0.1, 0.15) is 0 Å². The van der Waals surface area contributed by atoms with Gasteiger partial charge >= 0.3 is 0 Å². The van der Waals surface area contributed by atoms with Crippen molar-refractivity contribution in [2.45, 2.75) is 104 Å². The molecule has 1 heterocycles. The summed E-state index contributed by atoms with van der Waals surface area (Å²) >= 11 is 0. The molecule has 46 heavy (non-hydrogen) atoms. The number of carbonyl (C=O) groups is 1. The molecule has 0 bridgehead atoms. The fourth-order valence-electron chi connectivity index (χ4n) is 7.85. The Labute approximate surface area is 280 Å². The molecule has 6 heteroatoms. The molecule has 1 aromatic rings. The van der Waals surface area contributed by atoms with E-state index in [2.05, 4.69) is 118 Å². The van der Waals surface area contributed by atoms with Crippen molar-refractivity contribution in [3.8, 4) is 0 Å². The van der Waals surface area contributed by atoms with Gasteiger partial charge in [0.25, 0.3) is 0 Å². The van der Waals surface area contributed by atoms with E-state index in [1.807, 2.05) is 0 Å². The van der Waals surface area contributed by atoms with Crippen molar-refractivity contribution in [2.24, 2.45) is 23.2 Å². The third-order valence-corrected chi connectivity index (χ3v) is 10.6. The van der Waals surface area contributed by atoms with E-state index in [0.717, 1.165) is 62.3 Å². The lowest BCUT2D eigenvalue weighted by atomic mass is 9.84. The molecule has 1 aliphatic heterocycles. The first kappa shape index (κ1) is 35.4. The fraction of sp³-hybridized carbons (Fsp3) is 0.575. The molecule has 0 amide bonds. The number of Topliss-reactive ketones (excluding diaryl/α,β-unsaturated/α-hetero) is 1. The van der Waals surface area contributed by atoms with Crippen molar-refractivity contribution in [3.05, 3.63) is 97.3 Å². The Hall–Kier alpha value is -3.41. The van der Waals surface area contributed by atoms with Crippen LogP contribution in [-0.2, 0) is 17.6 Å². The van der Waals surface area contributed by atoms with Crippen molar-refractivity contribution >= 4 is 5.78 Å². The maximum Gasteiger partial charge on any atom is 0.200 e. The first-order chi connectivity index (χ1) is 21.8. The van der Waals surface area contributed by atoms with Gasteiger partial charge in [0.05, 0.1) is 29.6 Å². The average molecular weight is 628 g/mol. The number of benzene rings is 1. The number of ketones is 1. The first-order valence-electron chi connectivity index (χ1n) is 17.6. The summed E-state index contributed by atoms with van der Waals surface area (Å²) in [6.45, 7) is 34.6. The molecule has 6 atom stereocenters. The molecule has 1 saturated carbocycles. The highest BCUT2D eigenvalue weighted by Crippen LogP contribution is 2.53. The summed E-state index contributed by atoms with van der Waals surface area (Å²) in [6.07, 6.45) is 8.79. The zero-order chi connectivity index (χ0) is 33.8. The lowest BCUT2D eigenvalue weighted by molar-refractivity contribution is -0.117. The van der Waals surface area contributed by atoms with Crippen molar-refractivity contribution in [1.82, 2.24) is 25.8 Å². The number of likely N-dealkylation sites (N-methyl/N-ethyl adjacent to an activating group) is 1. The first-order valence-corrected chi connectivity index (χ1v) is 17.6. The maximum atomic E-state index is 13.4. The highest BCUT2D eigenvalue weighted by molar-refractivity contribution is 5.98. The number of nitrogens with one attached hydrogen (secondary N) is 3. The van der Waals surface area contributed by atoms with E-state index < -0.39 is 0 Å². The van der Waals surface area contributed by atoms with Crippen LogP contribution in [0.2, 0.25) is 0 Å². The molecule has 1 aromatic carbocycles. The molecule has 6 nitrogen and oxygen atoms in total. The topological polar surface area (TPSA) is 59.6 Å². The van der Waals surface area contributed by atoms with Crippen LogP contribution in [0.15, 0.2) is 86.1 Å². The molecule has 3 N–H and O–H groups in total. The number of likely N-dealkylation sites (tertiary alicyclic amines) is 1. The predicted octanol–water partition coefficient (Wildman–Crippen LogP) is 6.94. The minimum Gasteiger partial charge on any atom is -0.379 e. The van der Waals surface area contributed by atoms with Gasteiger partial charge in [0.15, 0.2) is 5.78 Å². The average Bonchev–Trinajstić information content (AvgIpc) is 3.46. The van der Waals surface area contributed by atoms with Crippen LogP contribution in [0.5, 0.6) is 0 Å². The van der Waals surface area contributed by atoms with E-state index in [1.54, 1.807) is 6.08 Å². The number of fused-ring (bicyclic) bond motifs is 2. The Morgan fingerprint density at radius 2 is 1.67 bits per heavy atom. The number of nitrogens with zero attached hydrogens (tertiary/aromatic N) is 2. The Balaban J connectivity index is 1.58. The summed E-state index contributed by atoms with van der Waals surface area (Å²) in [4.78, 5) is 18.3. The van der Waals surface area contributed by atoms with Crippen LogP contribution in [0.25, 0.3) is 0 Å². The van der Waals surface area contributed by atoms with Gasteiger partial charge in [-0.3, -0.25) is 4.79 Å². The van der Waals surface area contributed by atoms with Gasteiger partial charge in [0.2, 0.25) is 0 Å². The van der Waals surface area contributed by atoms with Crippen molar-refractivity contribution < 1.29 is 4.79 Å². The Morgan fingerprint density at radius 3 is 2.24 bits per heavy atom. The third-order valence-electron chi connectivity index (χ3n) is 10.6. The summed E-state index contributed by atoms with van der Waals surface area (Å²) in [5.74, 6) is 2.48. The van der Waals surface area contributed by atoms with Crippen LogP contribution < -0.4 is 16.0 Å². The Morgan fingerprint density at radius 1 is 1.04 bits per heavy atom. The van der Waals surface area contributed by atoms with Gasteiger partial charge in [-0.2, -0.15) is 0 Å². The summed E-state index contributed by atoms with van der Waals surface area (Å²) in [6, 6.07) is 8.99. The SMILES string of the molecule is C=CCNC(=C)C(=O)C(CCC)NC(=C)C1[C@H]2C[C@H]2CN1C(=C)C(C1Cc2ccccc2C1)N(C)C(=C)NC(CCC)C(C)(C)C. The molecule has 2 aliphatic carbocycles. The van der Waals surface area contributed by atoms with Crippen molar-refractivity contribution in [2.75, 3.05) is 20.1 Å². The molecular formula is C40H61N5O. The summed E-state index contributed by atoms with van der Waals surface area (Å²) in [5, 5.41) is 10.5. The monoisotopic (exact) mass is 627 g/mol. The second kappa shape index (κ2) is 15.0. The van der Waals surface area contributed by atoms with Crippen molar-refractivity contribution in [3.63, 3.8) is 0 Å². The van der Waals surface area contributed by atoms with E-state index in [1.165, 1.54) is 17.5 Å². The largest absolute Gasteiger partial charge is 0.379 e. The summed E-state index contributed by atoms with van der Waals surface area (Å²) in [7, 11) is 2.19. The number of piperidine rings is 1. The second-order valence-corrected chi connectivity index (χ2v) is 15.1. The lowest BCUT2D eigenvalue weighted by Gasteiger charge is -2.44. The number of hydrogen-bond acceptors (Lipinski definition) is 6. The fourth-order valence-corrected chi connectivity index (χ4v) is 7.85. The van der Waals surface area contributed by atoms with Gasteiger partial charge in [-0.15, -0.1) is 6.58 Å². The Kier molecular flexibility index (Phi) is 11.6. The molecular weight excluding hydrogens is 566 g/mol. The quantitative estimate of drug-likeness (QED) is 0.114. The van der Waals surface area contributed by atoms with E-state index in [0.29, 0.717) is 36.0 Å². The molecule has 0 radical (unpaired) electrons. The number of hydrogen-bond donors (Lipinski definition) is 3. The highest BCUT2D eigenvalue weighted by atomic mass is 16.1. The molecule has 4 unspecified atom stereocenters. The maximum absolute atomic E-state index is 13.4. The molecule has 4 rings (SSSR count). The summed E-state index contributed by atoms with van der Waals surface area (Å²) < 4.78 is 0. The standard InChI is InChI=1S/C40H61N5O/c1-12-17-35(39(46)27(5)41-21-14-3)42-26(4)37-34-24-33(34)25-45(37)28(6)38(32-22-30-19-15-16-20-31(30)23-32)44(11)29(7)43-36(18-13-2)40(8,9)10/h14-16,19-20,32-38,41-43H,3-7,12-13,17-18,21-25H2,1-2,8-11H3/t33-,34-,35?,36?,37?,38?/m0/s1. The van der Waals surface area contributed by atoms with Crippen LogP contribution in [0.1, 0.15) is 77.8 Å². The van der Waals surface area contributed by atoms with Crippen molar-refractivity contribution in [1.29, 1.82) is 0 Å². The molecule has 1 saturated heterocycles. The van der Waals surface area contributed by atoms with Crippen LogP contribution in [-0.4, -0.2) is 59.9 Å². The van der Waals surface area contributed by atoms with Crippen LogP contribution in [0.3, 0.4) is 0 Å². The van der Waals surface area contributed by atoms with Crippen LogP contribution in [0, 0.1) is 23.2 Å². The zero-order valence-electron chi connectivity index (χ0n) is 29.6. The lowest BCUT2D eigenvalue weighted by Crippen LogP contribution is -2.52.